The Morgan fingerprint density at radius 3 is 2.28 bits per heavy atom. The summed E-state index contributed by atoms with van der Waals surface area (Å²) in [6.45, 7) is 2.72. The van der Waals surface area contributed by atoms with E-state index in [1.54, 1.807) is 26.4 Å². The Balaban J connectivity index is 1.37. The first-order chi connectivity index (χ1) is 14.1. The van der Waals surface area contributed by atoms with Gasteiger partial charge in [-0.1, -0.05) is 0 Å². The molecule has 0 atom stereocenters. The Bertz CT molecular complexity index is 928. The molecule has 1 aliphatic heterocycles. The smallest absolute Gasteiger partial charge is 0.247 e. The molecule has 3 aromatic rings. The van der Waals surface area contributed by atoms with E-state index in [1.165, 1.54) is 12.1 Å². The van der Waals surface area contributed by atoms with Crippen molar-refractivity contribution in [1.82, 2.24) is 15.1 Å². The van der Waals surface area contributed by atoms with E-state index < -0.39 is 0 Å². The number of likely N-dealkylation sites (tertiary alicyclic amines) is 1. The average molecular weight is 397 g/mol. The summed E-state index contributed by atoms with van der Waals surface area (Å²) in [6, 6.07) is 12.1. The number of piperidine rings is 1. The van der Waals surface area contributed by atoms with Crippen LogP contribution in [0.2, 0.25) is 0 Å². The van der Waals surface area contributed by atoms with Gasteiger partial charge in [0.2, 0.25) is 11.8 Å². The summed E-state index contributed by atoms with van der Waals surface area (Å²) in [5.74, 6) is 2.65. The predicted octanol–water partition coefficient (Wildman–Crippen LogP) is 4.27. The van der Waals surface area contributed by atoms with E-state index in [1.807, 2.05) is 18.2 Å². The zero-order valence-corrected chi connectivity index (χ0v) is 16.6. The molecule has 1 fully saturated rings. The third kappa shape index (κ3) is 4.56. The Morgan fingerprint density at radius 2 is 1.66 bits per heavy atom. The molecule has 0 amide bonds. The number of methoxy groups -OCH3 is 2. The topological polar surface area (TPSA) is 60.6 Å². The van der Waals surface area contributed by atoms with E-state index in [0.29, 0.717) is 11.8 Å². The van der Waals surface area contributed by atoms with Gasteiger partial charge < -0.3 is 13.9 Å². The van der Waals surface area contributed by atoms with Gasteiger partial charge in [-0.15, -0.1) is 10.2 Å². The van der Waals surface area contributed by atoms with Crippen LogP contribution in [0.1, 0.15) is 30.2 Å². The summed E-state index contributed by atoms with van der Waals surface area (Å²) in [4.78, 5) is 2.40. The molecule has 152 valence electrons. The molecule has 0 radical (unpaired) electrons. The summed E-state index contributed by atoms with van der Waals surface area (Å²) in [6.07, 6.45) is 1.90. The van der Waals surface area contributed by atoms with Crippen LogP contribution in [0.15, 0.2) is 46.9 Å². The minimum Gasteiger partial charge on any atom is -0.497 e. The van der Waals surface area contributed by atoms with Gasteiger partial charge in [0, 0.05) is 24.1 Å². The highest BCUT2D eigenvalue weighted by Crippen LogP contribution is 2.31. The van der Waals surface area contributed by atoms with Crippen molar-refractivity contribution in [2.75, 3.05) is 27.3 Å². The molecule has 0 N–H and O–H groups in total. The molecule has 2 heterocycles. The number of hydrogen-bond donors (Lipinski definition) is 0. The van der Waals surface area contributed by atoms with E-state index in [-0.39, 0.29) is 11.7 Å². The first-order valence-corrected chi connectivity index (χ1v) is 9.68. The Hall–Kier alpha value is -2.93. The quantitative estimate of drug-likeness (QED) is 0.619. The van der Waals surface area contributed by atoms with Gasteiger partial charge in [0.1, 0.15) is 17.3 Å². The first-order valence-electron chi connectivity index (χ1n) is 9.68. The maximum Gasteiger partial charge on any atom is 0.247 e. The fourth-order valence-electron chi connectivity index (χ4n) is 3.66. The van der Waals surface area contributed by atoms with Gasteiger partial charge in [-0.25, -0.2) is 4.39 Å². The molecule has 0 saturated carbocycles. The van der Waals surface area contributed by atoms with E-state index >= 15 is 0 Å². The third-order valence-electron chi connectivity index (χ3n) is 5.29. The highest BCUT2D eigenvalue weighted by molar-refractivity contribution is 5.52. The zero-order valence-electron chi connectivity index (χ0n) is 16.6. The lowest BCUT2D eigenvalue weighted by Crippen LogP contribution is -2.32. The maximum atomic E-state index is 13.1. The molecule has 1 saturated heterocycles. The number of ether oxygens (including phenoxy) is 2. The molecule has 7 heteroatoms. The fourth-order valence-corrected chi connectivity index (χ4v) is 3.66. The second-order valence-electron chi connectivity index (χ2n) is 7.22. The summed E-state index contributed by atoms with van der Waals surface area (Å²) in [5, 5.41) is 8.37. The molecular formula is C22H24FN3O3. The normalized spacial score (nSPS) is 15.4. The minimum atomic E-state index is -0.283. The highest BCUT2D eigenvalue weighted by atomic mass is 19.1. The summed E-state index contributed by atoms with van der Waals surface area (Å²) < 4.78 is 29.7. The molecule has 2 aromatic carbocycles. The lowest BCUT2D eigenvalue weighted by Gasteiger charge is -2.30. The molecule has 1 aliphatic rings. The van der Waals surface area contributed by atoms with Crippen molar-refractivity contribution in [2.45, 2.75) is 25.3 Å². The lowest BCUT2D eigenvalue weighted by molar-refractivity contribution is 0.193. The first kappa shape index (κ1) is 19.4. The van der Waals surface area contributed by atoms with Gasteiger partial charge in [-0.05, 0) is 67.9 Å². The van der Waals surface area contributed by atoms with Crippen molar-refractivity contribution < 1.29 is 18.3 Å². The molecule has 0 unspecified atom stereocenters. The maximum absolute atomic E-state index is 13.1. The largest absolute Gasteiger partial charge is 0.497 e. The third-order valence-corrected chi connectivity index (χ3v) is 5.29. The number of benzene rings is 2. The van der Waals surface area contributed by atoms with Crippen LogP contribution in [0.3, 0.4) is 0 Å². The second-order valence-corrected chi connectivity index (χ2v) is 7.22. The van der Waals surface area contributed by atoms with Crippen LogP contribution in [-0.2, 0) is 6.54 Å². The second kappa shape index (κ2) is 8.61. The molecule has 4 rings (SSSR count). The van der Waals surface area contributed by atoms with Gasteiger partial charge in [0.25, 0.3) is 0 Å². The average Bonchev–Trinajstić information content (AvgIpc) is 3.24. The molecule has 6 nitrogen and oxygen atoms in total. The summed E-state index contributed by atoms with van der Waals surface area (Å²) >= 11 is 0. The van der Waals surface area contributed by atoms with Crippen LogP contribution in [-0.4, -0.2) is 42.4 Å². The number of nitrogens with zero attached hydrogens (tertiary/aromatic N) is 3. The molecule has 1 aromatic heterocycles. The Labute approximate surface area is 169 Å². The lowest BCUT2D eigenvalue weighted by atomic mass is 9.96. The SMILES string of the molecule is COc1cc(CN2CCC(c3nnc(-c4ccc(F)cc4)o3)CC2)cc(OC)c1. The van der Waals surface area contributed by atoms with Crippen LogP contribution in [0.25, 0.3) is 11.5 Å². The molecule has 0 bridgehead atoms. The van der Waals surface area contributed by atoms with Crippen LogP contribution in [0, 0.1) is 5.82 Å². The van der Waals surface area contributed by atoms with Gasteiger partial charge in [-0.2, -0.15) is 0 Å². The number of halogens is 1. The Morgan fingerprint density at radius 1 is 1.00 bits per heavy atom. The number of hydrogen-bond acceptors (Lipinski definition) is 6. The summed E-state index contributed by atoms with van der Waals surface area (Å²) in [7, 11) is 3.32. The van der Waals surface area contributed by atoms with Crippen molar-refractivity contribution >= 4 is 0 Å². The molecule has 0 spiro atoms. The standard InChI is InChI=1S/C22H24FN3O3/c1-27-19-11-15(12-20(13-19)28-2)14-26-9-7-17(8-10-26)22-25-24-21(29-22)16-3-5-18(23)6-4-16/h3-6,11-13,17H,7-10,14H2,1-2H3. The molecular weight excluding hydrogens is 373 g/mol. The van der Waals surface area contributed by atoms with Crippen LogP contribution in [0.4, 0.5) is 4.39 Å². The van der Waals surface area contributed by atoms with Crippen molar-refractivity contribution in [2.24, 2.45) is 0 Å². The predicted molar refractivity (Wildman–Crippen MR) is 106 cm³/mol. The van der Waals surface area contributed by atoms with E-state index in [4.69, 9.17) is 13.9 Å². The van der Waals surface area contributed by atoms with Crippen molar-refractivity contribution in [1.29, 1.82) is 0 Å². The highest BCUT2D eigenvalue weighted by Gasteiger charge is 2.25. The molecule has 0 aliphatic carbocycles. The van der Waals surface area contributed by atoms with E-state index in [2.05, 4.69) is 15.1 Å². The molecule has 29 heavy (non-hydrogen) atoms. The fraction of sp³-hybridized carbons (Fsp3) is 0.364. The number of aromatic nitrogens is 2. The van der Waals surface area contributed by atoms with Crippen molar-refractivity contribution in [3.8, 4) is 23.0 Å². The number of rotatable bonds is 6. The van der Waals surface area contributed by atoms with Gasteiger partial charge in [-0.3, -0.25) is 4.90 Å². The minimum absolute atomic E-state index is 0.243. The summed E-state index contributed by atoms with van der Waals surface area (Å²) in [5.41, 5.74) is 1.89. The Kier molecular flexibility index (Phi) is 5.76. The van der Waals surface area contributed by atoms with Crippen LogP contribution in [0.5, 0.6) is 11.5 Å². The van der Waals surface area contributed by atoms with Gasteiger partial charge in [0.15, 0.2) is 0 Å². The van der Waals surface area contributed by atoms with E-state index in [9.17, 15) is 4.39 Å². The van der Waals surface area contributed by atoms with Crippen LogP contribution >= 0.6 is 0 Å². The monoisotopic (exact) mass is 397 g/mol. The van der Waals surface area contributed by atoms with Gasteiger partial charge >= 0.3 is 0 Å². The van der Waals surface area contributed by atoms with E-state index in [0.717, 1.165) is 55.1 Å². The van der Waals surface area contributed by atoms with Gasteiger partial charge in [0.05, 0.1) is 14.2 Å². The van der Waals surface area contributed by atoms with Crippen molar-refractivity contribution in [3.05, 3.63) is 59.7 Å². The zero-order chi connectivity index (χ0) is 20.2. The van der Waals surface area contributed by atoms with Crippen LogP contribution < -0.4 is 9.47 Å². The van der Waals surface area contributed by atoms with Crippen molar-refractivity contribution in [3.63, 3.8) is 0 Å².